The van der Waals surface area contributed by atoms with E-state index >= 15 is 0 Å². The van der Waals surface area contributed by atoms with Crippen LogP contribution in [0.3, 0.4) is 0 Å². The van der Waals surface area contributed by atoms with Crippen molar-refractivity contribution in [2.24, 2.45) is 5.92 Å². The van der Waals surface area contributed by atoms with E-state index in [1.165, 1.54) is 0 Å². The molecule has 84 valence electrons. The summed E-state index contributed by atoms with van der Waals surface area (Å²) >= 11 is 0. The van der Waals surface area contributed by atoms with Gasteiger partial charge in [-0.15, -0.1) is 0 Å². The highest BCUT2D eigenvalue weighted by Gasteiger charge is 2.06. The quantitative estimate of drug-likeness (QED) is 0.756. The molecule has 0 aliphatic carbocycles. The lowest BCUT2D eigenvalue weighted by Crippen LogP contribution is -2.06. The van der Waals surface area contributed by atoms with Crippen molar-refractivity contribution in [3.05, 3.63) is 23.8 Å². The summed E-state index contributed by atoms with van der Waals surface area (Å²) < 4.78 is 10.4. The van der Waals surface area contributed by atoms with Gasteiger partial charge in [0, 0.05) is 0 Å². The molecule has 1 N–H and O–H groups in total. The second-order valence-electron chi connectivity index (χ2n) is 3.75. The van der Waals surface area contributed by atoms with Crippen LogP contribution in [0.25, 0.3) is 0 Å². The van der Waals surface area contributed by atoms with Crippen molar-refractivity contribution in [2.75, 3.05) is 6.61 Å². The molecule has 4 nitrogen and oxygen atoms in total. The molecule has 1 aromatic carbocycles. The third kappa shape index (κ3) is 3.48. The van der Waals surface area contributed by atoms with Gasteiger partial charge < -0.3 is 14.4 Å². The first-order valence-corrected chi connectivity index (χ1v) is 5.08. The van der Waals surface area contributed by atoms with Crippen LogP contribution in [0.1, 0.15) is 19.4 Å². The molecular weight excluding hydrogens is 205 g/mol. The molecular formula is C11H14BNO3. The number of ether oxygens (including phenoxy) is 1. The molecule has 1 aromatic rings. The number of rotatable bonds is 5. The van der Waals surface area contributed by atoms with Gasteiger partial charge in [-0.25, -0.2) is 0 Å². The highest BCUT2D eigenvalue weighted by atomic mass is 16.5. The predicted molar refractivity (Wildman–Crippen MR) is 61.5 cm³/mol. The van der Waals surface area contributed by atoms with Gasteiger partial charge >= 0.3 is 7.69 Å². The maximum Gasteiger partial charge on any atom is 0.504 e. The van der Waals surface area contributed by atoms with Gasteiger partial charge in [0.25, 0.3) is 0 Å². The van der Waals surface area contributed by atoms with Crippen LogP contribution in [0.4, 0.5) is 0 Å². The van der Waals surface area contributed by atoms with Crippen LogP contribution in [-0.4, -0.2) is 19.3 Å². The molecule has 5 heteroatoms. The number of hydrogen-bond donors (Lipinski definition) is 1. The Morgan fingerprint density at radius 3 is 2.81 bits per heavy atom. The Morgan fingerprint density at radius 1 is 1.50 bits per heavy atom. The summed E-state index contributed by atoms with van der Waals surface area (Å²) in [5, 5.41) is 17.5. The monoisotopic (exact) mass is 219 g/mol. The Labute approximate surface area is 95.7 Å². The fourth-order valence-electron chi connectivity index (χ4n) is 1.14. The van der Waals surface area contributed by atoms with Crippen molar-refractivity contribution in [2.45, 2.75) is 13.8 Å². The molecule has 0 fully saturated rings. The Hall–Kier alpha value is -1.67. The summed E-state index contributed by atoms with van der Waals surface area (Å²) in [6.45, 7) is 4.64. The van der Waals surface area contributed by atoms with Crippen LogP contribution in [0.2, 0.25) is 0 Å². The molecule has 1 rings (SSSR count). The zero-order chi connectivity index (χ0) is 12.0. The SMILES string of the molecule is CC(C)COc1ccc(OBO)cc1C#N. The van der Waals surface area contributed by atoms with E-state index in [2.05, 4.69) is 0 Å². The lowest BCUT2D eigenvalue weighted by Gasteiger charge is -2.11. The van der Waals surface area contributed by atoms with Gasteiger partial charge in [0.05, 0.1) is 12.2 Å². The van der Waals surface area contributed by atoms with E-state index in [-0.39, 0.29) is 0 Å². The molecule has 0 bridgehead atoms. The van der Waals surface area contributed by atoms with E-state index in [1.807, 2.05) is 19.9 Å². The fourth-order valence-corrected chi connectivity index (χ4v) is 1.14. The molecule has 16 heavy (non-hydrogen) atoms. The molecule has 0 radical (unpaired) electrons. The van der Waals surface area contributed by atoms with E-state index < -0.39 is 7.69 Å². The maximum atomic E-state index is 8.93. The molecule has 0 spiro atoms. The van der Waals surface area contributed by atoms with Crippen molar-refractivity contribution in [1.29, 1.82) is 5.26 Å². The van der Waals surface area contributed by atoms with Gasteiger partial charge in [-0.3, -0.25) is 0 Å². The normalized spacial score (nSPS) is 9.69. The Bertz CT molecular complexity index is 387. The smallest absolute Gasteiger partial charge is 0.504 e. The van der Waals surface area contributed by atoms with Crippen LogP contribution in [0.5, 0.6) is 11.5 Å². The Balaban J connectivity index is 2.81. The van der Waals surface area contributed by atoms with Crippen molar-refractivity contribution in [3.8, 4) is 17.6 Å². The van der Waals surface area contributed by atoms with Gasteiger partial charge in [-0.2, -0.15) is 5.26 Å². The minimum absolute atomic E-state index is 0.403. The van der Waals surface area contributed by atoms with E-state index in [0.717, 1.165) is 0 Å². The van der Waals surface area contributed by atoms with E-state index in [0.29, 0.717) is 29.6 Å². The number of benzene rings is 1. The van der Waals surface area contributed by atoms with Crippen molar-refractivity contribution >= 4 is 7.69 Å². The summed E-state index contributed by atoms with van der Waals surface area (Å²) in [6.07, 6.45) is 0. The lowest BCUT2D eigenvalue weighted by molar-refractivity contribution is 0.270. The van der Waals surface area contributed by atoms with Crippen LogP contribution in [0, 0.1) is 17.2 Å². The minimum Gasteiger partial charge on any atom is -0.539 e. The maximum absolute atomic E-state index is 8.93. The summed E-state index contributed by atoms with van der Waals surface area (Å²) in [5.41, 5.74) is 0.409. The summed E-state index contributed by atoms with van der Waals surface area (Å²) in [6, 6.07) is 6.91. The fraction of sp³-hybridized carbons (Fsp3) is 0.364. The van der Waals surface area contributed by atoms with Crippen LogP contribution < -0.4 is 9.39 Å². The first kappa shape index (κ1) is 12.4. The van der Waals surface area contributed by atoms with E-state index in [9.17, 15) is 0 Å². The van der Waals surface area contributed by atoms with Gasteiger partial charge in [0.15, 0.2) is 0 Å². The third-order valence-electron chi connectivity index (χ3n) is 1.87. The van der Waals surface area contributed by atoms with Gasteiger partial charge in [-0.1, -0.05) is 13.8 Å². The first-order valence-electron chi connectivity index (χ1n) is 5.08. The topological polar surface area (TPSA) is 62.5 Å². The largest absolute Gasteiger partial charge is 0.539 e. The minimum atomic E-state index is -0.406. The van der Waals surface area contributed by atoms with Crippen molar-refractivity contribution in [3.63, 3.8) is 0 Å². The second-order valence-corrected chi connectivity index (χ2v) is 3.75. The molecule has 0 amide bonds. The van der Waals surface area contributed by atoms with Gasteiger partial charge in [0.2, 0.25) is 0 Å². The molecule has 0 aliphatic heterocycles. The highest BCUT2D eigenvalue weighted by Crippen LogP contribution is 2.23. The zero-order valence-electron chi connectivity index (χ0n) is 9.43. The first-order chi connectivity index (χ1) is 7.67. The Kier molecular flexibility index (Phi) is 4.68. The molecule has 0 atom stereocenters. The molecule has 0 saturated carbocycles. The average Bonchev–Trinajstić information content (AvgIpc) is 2.27. The highest BCUT2D eigenvalue weighted by molar-refractivity contribution is 6.17. The van der Waals surface area contributed by atoms with Gasteiger partial charge in [-0.05, 0) is 24.1 Å². The van der Waals surface area contributed by atoms with Crippen LogP contribution in [-0.2, 0) is 0 Å². The molecule has 0 heterocycles. The zero-order valence-corrected chi connectivity index (χ0v) is 9.43. The number of nitriles is 1. The molecule has 0 saturated heterocycles. The summed E-state index contributed by atoms with van der Waals surface area (Å²) in [4.78, 5) is 0. The van der Waals surface area contributed by atoms with Gasteiger partial charge in [0.1, 0.15) is 17.6 Å². The van der Waals surface area contributed by atoms with Crippen molar-refractivity contribution < 1.29 is 14.4 Å². The standard InChI is InChI=1S/C11H14BNO3/c1-8(2)7-15-11-4-3-10(16-12-14)5-9(11)6-13/h3-5,8,12,14H,7H2,1-2H3. The van der Waals surface area contributed by atoms with E-state index in [4.69, 9.17) is 19.7 Å². The predicted octanol–water partition coefficient (Wildman–Crippen LogP) is 1.23. The summed E-state index contributed by atoms with van der Waals surface area (Å²) in [5.74, 6) is 1.40. The Morgan fingerprint density at radius 2 is 2.25 bits per heavy atom. The number of hydrogen-bond acceptors (Lipinski definition) is 4. The molecule has 0 aliphatic rings. The lowest BCUT2D eigenvalue weighted by atomic mass is 10.2. The number of nitrogens with zero attached hydrogens (tertiary/aromatic N) is 1. The molecule has 0 unspecified atom stereocenters. The second kappa shape index (κ2) is 6.04. The third-order valence-corrected chi connectivity index (χ3v) is 1.87. The average molecular weight is 219 g/mol. The van der Waals surface area contributed by atoms with Crippen molar-refractivity contribution in [1.82, 2.24) is 0 Å². The molecule has 0 aromatic heterocycles. The van der Waals surface area contributed by atoms with Crippen LogP contribution in [0.15, 0.2) is 18.2 Å². The van der Waals surface area contributed by atoms with E-state index in [1.54, 1.807) is 18.2 Å². The van der Waals surface area contributed by atoms with Crippen LogP contribution >= 0.6 is 0 Å². The summed E-state index contributed by atoms with van der Waals surface area (Å²) in [7, 11) is -0.406.